The van der Waals surface area contributed by atoms with Gasteiger partial charge in [-0.1, -0.05) is 0 Å². The van der Waals surface area contributed by atoms with Crippen LogP contribution in [0.15, 0.2) is 48.5 Å². The summed E-state index contributed by atoms with van der Waals surface area (Å²) in [7, 11) is -2.32. The van der Waals surface area contributed by atoms with Gasteiger partial charge in [0.05, 0.1) is 9.85 Å². The van der Waals surface area contributed by atoms with Crippen LogP contribution in [0.3, 0.4) is 0 Å². The lowest BCUT2D eigenvalue weighted by Crippen LogP contribution is -1.95. The molecule has 0 saturated heterocycles. The molecule has 2 aromatic carbocycles. The summed E-state index contributed by atoms with van der Waals surface area (Å²) in [6, 6.07) is 10.2. The number of benzene rings is 2. The smallest absolute Gasteiger partial charge is 0.418 e. The summed E-state index contributed by atoms with van der Waals surface area (Å²) in [6.07, 6.45) is 0. The second-order valence-corrected chi connectivity index (χ2v) is 4.76. The zero-order valence-electron chi connectivity index (χ0n) is 10.9. The molecule has 0 unspecified atom stereocenters. The Kier molecular flexibility index (Phi) is 4.82. The highest BCUT2D eigenvalue weighted by molar-refractivity contribution is 7.41. The fraction of sp³-hybridized carbons (Fsp3) is 0. The summed E-state index contributed by atoms with van der Waals surface area (Å²) in [5.74, 6) is 0.391. The van der Waals surface area contributed by atoms with E-state index in [1.807, 2.05) is 0 Å². The quantitative estimate of drug-likeness (QED) is 0.491. The molecular formula is C12H9N2O7P. The van der Waals surface area contributed by atoms with Crippen molar-refractivity contribution in [2.24, 2.45) is 0 Å². The van der Waals surface area contributed by atoms with Gasteiger partial charge in [0.15, 0.2) is 0 Å². The molecule has 9 nitrogen and oxygen atoms in total. The number of non-ortho nitro benzene ring substituents is 2. The van der Waals surface area contributed by atoms with Gasteiger partial charge in [0.25, 0.3) is 11.4 Å². The molecule has 0 fully saturated rings. The lowest BCUT2D eigenvalue weighted by molar-refractivity contribution is -0.385. The molecule has 0 atom stereocenters. The van der Waals surface area contributed by atoms with Crippen LogP contribution >= 0.6 is 8.60 Å². The first-order chi connectivity index (χ1) is 10.5. The van der Waals surface area contributed by atoms with Gasteiger partial charge in [0, 0.05) is 24.3 Å². The fourth-order valence-corrected chi connectivity index (χ4v) is 2.10. The van der Waals surface area contributed by atoms with Crippen molar-refractivity contribution in [2.75, 3.05) is 0 Å². The molecule has 2 rings (SSSR count). The van der Waals surface area contributed by atoms with Crippen molar-refractivity contribution in [1.82, 2.24) is 0 Å². The Morgan fingerprint density at radius 3 is 1.36 bits per heavy atom. The minimum atomic E-state index is -2.32. The van der Waals surface area contributed by atoms with Crippen LogP contribution in [0.2, 0.25) is 0 Å². The molecule has 10 heteroatoms. The van der Waals surface area contributed by atoms with Crippen LogP contribution in [0.25, 0.3) is 0 Å². The van der Waals surface area contributed by atoms with Gasteiger partial charge < -0.3 is 13.9 Å². The normalized spacial score (nSPS) is 10.3. The van der Waals surface area contributed by atoms with Gasteiger partial charge in [-0.15, -0.1) is 0 Å². The molecule has 0 bridgehead atoms. The van der Waals surface area contributed by atoms with Gasteiger partial charge >= 0.3 is 8.60 Å². The number of rotatable bonds is 6. The van der Waals surface area contributed by atoms with E-state index in [2.05, 4.69) is 0 Å². The van der Waals surface area contributed by atoms with Gasteiger partial charge in [-0.3, -0.25) is 20.2 Å². The van der Waals surface area contributed by atoms with E-state index in [4.69, 9.17) is 9.05 Å². The highest BCUT2D eigenvalue weighted by Crippen LogP contribution is 2.37. The average Bonchev–Trinajstić information content (AvgIpc) is 2.48. The molecule has 0 aliphatic rings. The summed E-state index contributed by atoms with van der Waals surface area (Å²) in [5.41, 5.74) is -0.211. The van der Waals surface area contributed by atoms with Crippen LogP contribution in [-0.4, -0.2) is 14.7 Å². The lowest BCUT2D eigenvalue weighted by atomic mass is 10.3. The summed E-state index contributed by atoms with van der Waals surface area (Å²) < 4.78 is 10.1. The predicted molar refractivity (Wildman–Crippen MR) is 76.6 cm³/mol. The Morgan fingerprint density at radius 1 is 0.773 bits per heavy atom. The highest BCUT2D eigenvalue weighted by atomic mass is 31.2. The minimum Gasteiger partial charge on any atom is -0.418 e. The van der Waals surface area contributed by atoms with Crippen molar-refractivity contribution in [3.05, 3.63) is 68.8 Å². The molecule has 114 valence electrons. The van der Waals surface area contributed by atoms with E-state index < -0.39 is 18.4 Å². The molecule has 1 N–H and O–H groups in total. The van der Waals surface area contributed by atoms with E-state index in [0.717, 1.165) is 0 Å². The molecular weight excluding hydrogens is 315 g/mol. The third-order valence-electron chi connectivity index (χ3n) is 2.46. The molecule has 0 radical (unpaired) electrons. The largest absolute Gasteiger partial charge is 0.460 e. The predicted octanol–water partition coefficient (Wildman–Crippen LogP) is 3.18. The second kappa shape index (κ2) is 6.79. The first-order valence-electron chi connectivity index (χ1n) is 5.79. The van der Waals surface area contributed by atoms with Crippen LogP contribution in [0, 0.1) is 20.2 Å². The van der Waals surface area contributed by atoms with E-state index >= 15 is 0 Å². The Balaban J connectivity index is 1.95. The first-order valence-corrected chi connectivity index (χ1v) is 6.92. The van der Waals surface area contributed by atoms with Gasteiger partial charge in [-0.25, -0.2) is 0 Å². The van der Waals surface area contributed by atoms with Crippen molar-refractivity contribution in [3.63, 3.8) is 0 Å². The summed E-state index contributed by atoms with van der Waals surface area (Å²) in [6.45, 7) is 0. The Labute approximate surface area is 125 Å². The fourth-order valence-electron chi connectivity index (χ4n) is 1.46. The van der Waals surface area contributed by atoms with Gasteiger partial charge in [-0.2, -0.15) is 0 Å². The van der Waals surface area contributed by atoms with Gasteiger partial charge in [0.2, 0.25) is 0 Å². The summed E-state index contributed by atoms with van der Waals surface area (Å²) in [4.78, 5) is 29.5. The Bertz CT molecular complexity index is 615. The molecule has 0 spiro atoms. The van der Waals surface area contributed by atoms with Crippen molar-refractivity contribution < 1.29 is 23.8 Å². The SMILES string of the molecule is O=[N+]([O-])c1ccc(OP(O)Oc2ccc([N+](=O)[O-])cc2)cc1. The zero-order valence-corrected chi connectivity index (χ0v) is 11.8. The molecule has 0 aliphatic carbocycles. The third kappa shape index (κ3) is 4.11. The number of hydrogen-bond donors (Lipinski definition) is 1. The third-order valence-corrected chi connectivity index (χ3v) is 3.20. The summed E-state index contributed by atoms with van der Waals surface area (Å²) >= 11 is 0. The topological polar surface area (TPSA) is 125 Å². The molecule has 2 aromatic rings. The van der Waals surface area contributed by atoms with E-state index in [-0.39, 0.29) is 22.9 Å². The van der Waals surface area contributed by atoms with Crippen molar-refractivity contribution in [1.29, 1.82) is 0 Å². The van der Waals surface area contributed by atoms with E-state index in [1.165, 1.54) is 48.5 Å². The minimum absolute atomic E-state index is 0.106. The first kappa shape index (κ1) is 15.6. The molecule has 0 aromatic heterocycles. The zero-order chi connectivity index (χ0) is 16.1. The maximum Gasteiger partial charge on any atom is 0.460 e. The van der Waals surface area contributed by atoms with Crippen molar-refractivity contribution in [3.8, 4) is 11.5 Å². The van der Waals surface area contributed by atoms with Crippen LogP contribution in [0.1, 0.15) is 0 Å². The highest BCUT2D eigenvalue weighted by Gasteiger charge is 2.14. The van der Waals surface area contributed by atoms with Gasteiger partial charge in [-0.05, 0) is 24.3 Å². The van der Waals surface area contributed by atoms with E-state index in [9.17, 15) is 25.1 Å². The lowest BCUT2D eigenvalue weighted by Gasteiger charge is -2.11. The molecule has 0 aliphatic heterocycles. The standard InChI is InChI=1S/C12H9N2O7P/c15-13(16)9-1-5-11(6-2-9)20-22(19)21-12-7-3-10(4-8-12)14(17)18/h1-8,19H. The number of hydrogen-bond acceptors (Lipinski definition) is 7. The van der Waals surface area contributed by atoms with Crippen LogP contribution < -0.4 is 9.05 Å². The number of nitro benzene ring substituents is 2. The molecule has 0 saturated carbocycles. The average molecular weight is 324 g/mol. The van der Waals surface area contributed by atoms with Gasteiger partial charge in [0.1, 0.15) is 11.5 Å². The molecule has 0 heterocycles. The van der Waals surface area contributed by atoms with Crippen LogP contribution in [0.5, 0.6) is 11.5 Å². The Morgan fingerprint density at radius 2 is 1.09 bits per heavy atom. The van der Waals surface area contributed by atoms with Crippen LogP contribution in [0.4, 0.5) is 11.4 Å². The number of nitro groups is 2. The summed E-state index contributed by atoms with van der Waals surface area (Å²) in [5, 5.41) is 21.0. The van der Waals surface area contributed by atoms with E-state index in [1.54, 1.807) is 0 Å². The van der Waals surface area contributed by atoms with Crippen LogP contribution in [-0.2, 0) is 0 Å². The molecule has 0 amide bonds. The number of nitrogens with zero attached hydrogens (tertiary/aromatic N) is 2. The van der Waals surface area contributed by atoms with Crippen molar-refractivity contribution >= 4 is 20.0 Å². The monoisotopic (exact) mass is 324 g/mol. The van der Waals surface area contributed by atoms with Crippen molar-refractivity contribution in [2.45, 2.75) is 0 Å². The Hall–Kier alpha value is -2.77. The maximum atomic E-state index is 10.5. The van der Waals surface area contributed by atoms with E-state index in [0.29, 0.717) is 0 Å². The second-order valence-electron chi connectivity index (χ2n) is 3.92. The maximum absolute atomic E-state index is 10.5. The molecule has 22 heavy (non-hydrogen) atoms.